The van der Waals surface area contributed by atoms with E-state index in [4.69, 9.17) is 0 Å². The second-order valence-electron chi connectivity index (χ2n) is 14.9. The van der Waals surface area contributed by atoms with Crippen LogP contribution in [0.15, 0.2) is 188 Å². The fourth-order valence-electron chi connectivity index (χ4n) is 9.51. The van der Waals surface area contributed by atoms with Gasteiger partial charge in [-0.15, -0.1) is 0 Å². The lowest BCUT2D eigenvalue weighted by Gasteiger charge is -2.28. The van der Waals surface area contributed by atoms with E-state index in [1.807, 2.05) is 0 Å². The Bertz CT molecular complexity index is 2370. The molecule has 3 aliphatic carbocycles. The number of nitrogens with zero attached hydrogens (tertiary/aromatic N) is 1. The van der Waals surface area contributed by atoms with Gasteiger partial charge in [0.25, 0.3) is 0 Å². The molecule has 0 saturated heterocycles. The summed E-state index contributed by atoms with van der Waals surface area (Å²) in [4.78, 5) is 2.46. The predicted octanol–water partition coefficient (Wildman–Crippen LogP) is 12.1. The van der Waals surface area contributed by atoms with Gasteiger partial charge in [0.1, 0.15) is 0 Å². The standard InChI is InChI=1S/C51H41N/c1-52-27-13-22-46-48-33-37(23-25-43(48)49(51(46)52)28-34-14-5-2-6-15-34)38-24-26-45-47(32-38)42-20-11-12-21-44(42)50(45)41-30-39(35-16-7-3-8-17-35)29-40(31-41)36-18-9-4-10-19-36/h2-26,29-33,45,47,49-50H,27-28H2,1H3. The van der Waals surface area contributed by atoms with Crippen LogP contribution in [-0.4, -0.2) is 18.5 Å². The van der Waals surface area contributed by atoms with Gasteiger partial charge in [0.05, 0.1) is 0 Å². The second kappa shape index (κ2) is 12.7. The quantitative estimate of drug-likeness (QED) is 0.171. The van der Waals surface area contributed by atoms with Crippen molar-refractivity contribution >= 4 is 11.1 Å². The van der Waals surface area contributed by atoms with Crippen molar-refractivity contribution in [2.45, 2.75) is 24.2 Å². The summed E-state index contributed by atoms with van der Waals surface area (Å²) in [5, 5.41) is 0. The van der Waals surface area contributed by atoms with Crippen molar-refractivity contribution in [3.8, 4) is 22.3 Å². The Morgan fingerprint density at radius 1 is 0.577 bits per heavy atom. The molecule has 0 amide bonds. The van der Waals surface area contributed by atoms with E-state index in [9.17, 15) is 0 Å². The number of hydrogen-bond acceptors (Lipinski definition) is 1. The minimum absolute atomic E-state index is 0.274. The Hall–Kier alpha value is -5.92. The molecule has 6 aromatic carbocycles. The van der Waals surface area contributed by atoms with E-state index in [0.29, 0.717) is 17.8 Å². The summed E-state index contributed by atoms with van der Waals surface area (Å²) < 4.78 is 0. The molecule has 52 heavy (non-hydrogen) atoms. The molecule has 4 atom stereocenters. The highest BCUT2D eigenvalue weighted by molar-refractivity contribution is 5.88. The van der Waals surface area contributed by atoms with E-state index in [1.54, 1.807) is 0 Å². The van der Waals surface area contributed by atoms with E-state index in [-0.39, 0.29) is 5.92 Å². The third kappa shape index (κ3) is 5.23. The number of benzene rings is 6. The van der Waals surface area contributed by atoms with Crippen molar-refractivity contribution in [2.24, 2.45) is 5.92 Å². The summed E-state index contributed by atoms with van der Waals surface area (Å²) in [7, 11) is 2.25. The van der Waals surface area contributed by atoms with Crippen LogP contribution in [0.5, 0.6) is 0 Å². The van der Waals surface area contributed by atoms with Crippen molar-refractivity contribution in [3.05, 3.63) is 227 Å². The second-order valence-corrected chi connectivity index (χ2v) is 14.9. The molecule has 0 radical (unpaired) electrons. The first-order valence-corrected chi connectivity index (χ1v) is 18.7. The Morgan fingerprint density at radius 2 is 1.23 bits per heavy atom. The molecule has 0 spiro atoms. The maximum Gasteiger partial charge on any atom is 0.0357 e. The zero-order valence-corrected chi connectivity index (χ0v) is 29.5. The summed E-state index contributed by atoms with van der Waals surface area (Å²) >= 11 is 0. The minimum atomic E-state index is 0.274. The van der Waals surface area contributed by atoms with Crippen molar-refractivity contribution in [1.29, 1.82) is 0 Å². The van der Waals surface area contributed by atoms with Gasteiger partial charge in [-0.3, -0.25) is 0 Å². The molecule has 6 aromatic rings. The first-order valence-electron chi connectivity index (χ1n) is 18.7. The SMILES string of the molecule is CN1CC=CC2=C1C(Cc1ccccc1)c1ccc(C3=CC4c5ccccc5C(c5cc(-c6ccccc6)cc(-c6ccccc6)c5)C4C=C3)cc12. The van der Waals surface area contributed by atoms with Crippen molar-refractivity contribution in [2.75, 3.05) is 13.6 Å². The van der Waals surface area contributed by atoms with E-state index in [1.165, 1.54) is 78.0 Å². The van der Waals surface area contributed by atoms with Crippen molar-refractivity contribution < 1.29 is 0 Å². The summed E-state index contributed by atoms with van der Waals surface area (Å²) in [6, 6.07) is 56.4. The van der Waals surface area contributed by atoms with Gasteiger partial charge >= 0.3 is 0 Å². The number of fused-ring (bicyclic) bond motifs is 5. The molecule has 4 aliphatic rings. The predicted molar refractivity (Wildman–Crippen MR) is 217 cm³/mol. The van der Waals surface area contributed by atoms with E-state index >= 15 is 0 Å². The number of likely N-dealkylation sites (N-methyl/N-ethyl adjacent to an activating group) is 1. The largest absolute Gasteiger partial charge is 0.373 e. The lowest BCUT2D eigenvalue weighted by Crippen LogP contribution is -2.24. The monoisotopic (exact) mass is 667 g/mol. The molecule has 0 fully saturated rings. The highest BCUT2D eigenvalue weighted by Gasteiger charge is 2.41. The molecule has 1 nitrogen and oxygen atoms in total. The lowest BCUT2D eigenvalue weighted by molar-refractivity contribution is 0.426. The van der Waals surface area contributed by atoms with Gasteiger partial charge in [-0.1, -0.05) is 170 Å². The highest BCUT2D eigenvalue weighted by atomic mass is 15.1. The van der Waals surface area contributed by atoms with Crippen LogP contribution in [0.3, 0.4) is 0 Å². The van der Waals surface area contributed by atoms with Gasteiger partial charge in [0, 0.05) is 42.6 Å². The molecule has 0 saturated carbocycles. The Labute approximate surface area is 307 Å². The Kier molecular flexibility index (Phi) is 7.53. The van der Waals surface area contributed by atoms with Crippen LogP contribution in [0.4, 0.5) is 0 Å². The molecule has 0 N–H and O–H groups in total. The molecule has 4 unspecified atom stereocenters. The molecule has 1 heteroatoms. The molecule has 250 valence electrons. The summed E-state index contributed by atoms with van der Waals surface area (Å²) in [5.74, 6) is 1.31. The zero-order valence-electron chi connectivity index (χ0n) is 29.5. The first kappa shape index (κ1) is 30.9. The van der Waals surface area contributed by atoms with Gasteiger partial charge in [0.2, 0.25) is 0 Å². The summed E-state index contributed by atoms with van der Waals surface area (Å²) in [5.41, 5.74) is 19.1. The molecule has 1 heterocycles. The Balaban J connectivity index is 1.04. The third-order valence-electron chi connectivity index (χ3n) is 11.9. The summed E-state index contributed by atoms with van der Waals surface area (Å²) in [6.07, 6.45) is 13.2. The molecule has 0 bridgehead atoms. The third-order valence-corrected chi connectivity index (χ3v) is 11.9. The fourth-order valence-corrected chi connectivity index (χ4v) is 9.51. The lowest BCUT2D eigenvalue weighted by atomic mass is 9.77. The van der Waals surface area contributed by atoms with Crippen LogP contribution in [0.25, 0.3) is 33.4 Å². The number of rotatable bonds is 6. The topological polar surface area (TPSA) is 3.24 Å². The van der Waals surface area contributed by atoms with Crippen LogP contribution in [0.1, 0.15) is 56.7 Å². The fraction of sp³-hybridized carbons (Fsp3) is 0.137. The van der Waals surface area contributed by atoms with Gasteiger partial charge in [-0.25, -0.2) is 0 Å². The van der Waals surface area contributed by atoms with Crippen LogP contribution in [0.2, 0.25) is 0 Å². The molecule has 0 aromatic heterocycles. The first-order chi connectivity index (χ1) is 25.7. The highest BCUT2D eigenvalue weighted by Crippen LogP contribution is 2.55. The minimum Gasteiger partial charge on any atom is -0.373 e. The Morgan fingerprint density at radius 3 is 1.94 bits per heavy atom. The average Bonchev–Trinajstić information content (AvgIpc) is 3.71. The van der Waals surface area contributed by atoms with Crippen molar-refractivity contribution in [1.82, 2.24) is 4.90 Å². The van der Waals surface area contributed by atoms with E-state index in [0.717, 1.165) is 13.0 Å². The van der Waals surface area contributed by atoms with Crippen LogP contribution in [0, 0.1) is 5.92 Å². The summed E-state index contributed by atoms with van der Waals surface area (Å²) in [6.45, 7) is 0.962. The average molecular weight is 668 g/mol. The van der Waals surface area contributed by atoms with E-state index < -0.39 is 0 Å². The van der Waals surface area contributed by atoms with Crippen LogP contribution < -0.4 is 0 Å². The van der Waals surface area contributed by atoms with Gasteiger partial charge in [-0.2, -0.15) is 0 Å². The van der Waals surface area contributed by atoms with Crippen LogP contribution >= 0.6 is 0 Å². The zero-order chi connectivity index (χ0) is 34.6. The molecule has 10 rings (SSSR count). The molecular formula is C51H41N. The molecule has 1 aliphatic heterocycles. The molecular weight excluding hydrogens is 627 g/mol. The number of hydrogen-bond donors (Lipinski definition) is 0. The maximum absolute atomic E-state index is 2.57. The van der Waals surface area contributed by atoms with Gasteiger partial charge in [-0.05, 0) is 91.2 Å². The smallest absolute Gasteiger partial charge is 0.0357 e. The maximum atomic E-state index is 2.57. The van der Waals surface area contributed by atoms with Gasteiger partial charge < -0.3 is 4.90 Å². The van der Waals surface area contributed by atoms with Gasteiger partial charge in [0.15, 0.2) is 0 Å². The van der Waals surface area contributed by atoms with Crippen LogP contribution in [-0.2, 0) is 6.42 Å². The van der Waals surface area contributed by atoms with Crippen molar-refractivity contribution in [3.63, 3.8) is 0 Å². The van der Waals surface area contributed by atoms with E-state index in [2.05, 4.69) is 194 Å². The number of allylic oxidation sites excluding steroid dienone is 7. The normalized spacial score (nSPS) is 21.0.